The van der Waals surface area contributed by atoms with E-state index >= 15 is 0 Å². The van der Waals surface area contributed by atoms with Crippen LogP contribution in [0, 0.1) is 0 Å². The number of carbonyl (C=O) groups is 2. The fourth-order valence-corrected chi connectivity index (χ4v) is 4.44. The molecule has 4 heterocycles. The lowest BCUT2D eigenvalue weighted by atomic mass is 9.91. The smallest absolute Gasteiger partial charge is 0.342 e. The molecule has 1 fully saturated rings. The van der Waals surface area contributed by atoms with Crippen LogP contribution < -0.4 is 20.2 Å². The summed E-state index contributed by atoms with van der Waals surface area (Å²) in [5.74, 6) is -0.524. The molecule has 0 radical (unpaired) electrons. The minimum Gasteiger partial charge on any atom is -0.342 e. The third-order valence-corrected chi connectivity index (χ3v) is 6.05. The van der Waals surface area contributed by atoms with E-state index in [0.29, 0.717) is 11.9 Å². The molecule has 0 bridgehead atoms. The van der Waals surface area contributed by atoms with Gasteiger partial charge in [0.1, 0.15) is 14.4 Å². The van der Waals surface area contributed by atoms with Crippen molar-refractivity contribution in [3.8, 4) is 0 Å². The van der Waals surface area contributed by atoms with E-state index in [1.54, 1.807) is 18.3 Å². The van der Waals surface area contributed by atoms with Crippen LogP contribution >= 0.6 is 0 Å². The Morgan fingerprint density at radius 1 is 0.912 bits per heavy atom. The number of pyridine rings is 2. The summed E-state index contributed by atoms with van der Waals surface area (Å²) < 4.78 is 39.2. The largest absolute Gasteiger partial charge is 0.417 e. The second-order valence-electron chi connectivity index (χ2n) is 8.26. The Hall–Kier alpha value is -3.89. The van der Waals surface area contributed by atoms with E-state index in [2.05, 4.69) is 14.9 Å². The maximum atomic E-state index is 13.1. The first-order valence-electron chi connectivity index (χ1n) is 10.7. The van der Waals surface area contributed by atoms with E-state index in [1.807, 2.05) is 26.2 Å². The number of rotatable bonds is 3. The van der Waals surface area contributed by atoms with Crippen LogP contribution in [0.15, 0.2) is 55.1 Å². The summed E-state index contributed by atoms with van der Waals surface area (Å²) in [6, 6.07) is 7.35. The van der Waals surface area contributed by atoms with Crippen LogP contribution in [0.1, 0.15) is 17.5 Å². The summed E-state index contributed by atoms with van der Waals surface area (Å²) in [7, 11) is 1.90. The van der Waals surface area contributed by atoms with Gasteiger partial charge >= 0.3 is 12.2 Å². The van der Waals surface area contributed by atoms with Gasteiger partial charge in [0.15, 0.2) is 0 Å². The Bertz CT molecular complexity index is 1300. The van der Waals surface area contributed by atoms with Gasteiger partial charge in [-0.05, 0) is 48.7 Å². The highest BCUT2D eigenvalue weighted by Gasteiger charge is 2.39. The van der Waals surface area contributed by atoms with E-state index in [1.165, 1.54) is 0 Å². The Labute approximate surface area is 194 Å². The van der Waals surface area contributed by atoms with Crippen LogP contribution in [-0.4, -0.2) is 42.8 Å². The Kier molecular flexibility index (Phi) is 5.26. The first kappa shape index (κ1) is 21.9. The van der Waals surface area contributed by atoms with Crippen LogP contribution in [0.2, 0.25) is 0 Å². The Morgan fingerprint density at radius 3 is 2.50 bits per heavy atom. The van der Waals surface area contributed by atoms with Crippen molar-refractivity contribution in [3.63, 3.8) is 0 Å². The monoisotopic (exact) mass is 465 g/mol. The van der Waals surface area contributed by atoms with Crippen molar-refractivity contribution < 1.29 is 22.8 Å². The second kappa shape index (κ2) is 8.16. The van der Waals surface area contributed by atoms with Crippen molar-refractivity contribution in [2.75, 3.05) is 27.8 Å². The summed E-state index contributed by atoms with van der Waals surface area (Å²) in [6.45, 7) is 0.463. The van der Waals surface area contributed by atoms with Crippen LogP contribution in [0.25, 0.3) is 0 Å². The van der Waals surface area contributed by atoms with Gasteiger partial charge in [0.2, 0.25) is 0 Å². The summed E-state index contributed by atoms with van der Waals surface area (Å²) in [4.78, 5) is 37.7. The number of aryl methyl sites for hydroxylation is 1. The van der Waals surface area contributed by atoms with Gasteiger partial charge in [-0.15, -0.1) is 0 Å². The number of alkyl halides is 3. The maximum Gasteiger partial charge on any atom is 0.417 e. The summed E-state index contributed by atoms with van der Waals surface area (Å²) in [5, 5.41) is 0. The Morgan fingerprint density at radius 2 is 1.74 bits per heavy atom. The molecule has 0 spiro atoms. The van der Waals surface area contributed by atoms with E-state index in [9.17, 15) is 22.8 Å². The van der Waals surface area contributed by atoms with Crippen molar-refractivity contribution in [2.24, 2.45) is 0 Å². The number of anilines is 4. The van der Waals surface area contributed by atoms with Gasteiger partial charge in [0.05, 0.1) is 23.1 Å². The molecule has 7 nitrogen and oxygen atoms in total. The predicted molar refractivity (Wildman–Crippen MR) is 124 cm³/mol. The predicted octanol–water partition coefficient (Wildman–Crippen LogP) is 2.81. The zero-order chi connectivity index (χ0) is 24.0. The third kappa shape index (κ3) is 3.76. The summed E-state index contributed by atoms with van der Waals surface area (Å²) in [6.07, 6.45) is 2.76. The van der Waals surface area contributed by atoms with E-state index < -0.39 is 23.7 Å². The zero-order valence-electron chi connectivity index (χ0n) is 18.2. The van der Waals surface area contributed by atoms with Crippen molar-refractivity contribution in [3.05, 3.63) is 66.2 Å². The van der Waals surface area contributed by atoms with Crippen LogP contribution in [0.3, 0.4) is 0 Å². The van der Waals surface area contributed by atoms with Gasteiger partial charge in [0.25, 0.3) is 5.91 Å². The van der Waals surface area contributed by atoms with Crippen LogP contribution in [-0.2, 0) is 17.4 Å². The van der Waals surface area contributed by atoms with Crippen LogP contribution in [0.5, 0.6) is 0 Å². The molecule has 2 aliphatic heterocycles. The molecule has 3 aromatic rings. The van der Waals surface area contributed by atoms with Gasteiger partial charge in [-0.2, -0.15) is 13.2 Å². The second-order valence-corrected chi connectivity index (χ2v) is 8.26. The van der Waals surface area contributed by atoms with Gasteiger partial charge in [-0.1, -0.05) is 5.46 Å². The van der Waals surface area contributed by atoms with E-state index in [-0.39, 0.29) is 12.2 Å². The average Bonchev–Trinajstić information content (AvgIpc) is 3.12. The van der Waals surface area contributed by atoms with Crippen molar-refractivity contribution in [2.45, 2.75) is 19.0 Å². The molecule has 0 N–H and O–H groups in total. The molecule has 2 aromatic heterocycles. The van der Waals surface area contributed by atoms with Crippen LogP contribution in [0.4, 0.5) is 40.7 Å². The summed E-state index contributed by atoms with van der Waals surface area (Å²) >= 11 is 0. The lowest BCUT2D eigenvalue weighted by Gasteiger charge is -2.32. The fourth-order valence-electron chi connectivity index (χ4n) is 4.44. The molecule has 11 heteroatoms. The topological polar surface area (TPSA) is 69.6 Å². The van der Waals surface area contributed by atoms with Crippen molar-refractivity contribution in [1.29, 1.82) is 0 Å². The highest BCUT2D eigenvalue weighted by molar-refractivity contribution is 6.37. The van der Waals surface area contributed by atoms with E-state index in [0.717, 1.165) is 63.9 Å². The minimum atomic E-state index is -4.61. The van der Waals surface area contributed by atoms with Gasteiger partial charge in [-0.25, -0.2) is 9.69 Å². The number of urea groups is 1. The molecular formula is C23H19BF3N5O2. The first-order chi connectivity index (χ1) is 16.2. The molecule has 1 aromatic carbocycles. The number of hydrogen-bond acceptors (Lipinski definition) is 5. The fraction of sp³-hybridized carbons (Fsp3) is 0.217. The number of carbonyl (C=O) groups excluding carboxylic acids is 2. The molecule has 0 unspecified atom stereocenters. The Balaban J connectivity index is 1.44. The number of imide groups is 1. The SMILES string of the molecule is Bc1cc(N2C(=O)CN(c3cncc(C(F)(F)F)c3)C2=O)ccc1N1CCCc2cnccc21. The van der Waals surface area contributed by atoms with Gasteiger partial charge < -0.3 is 4.90 Å². The number of amides is 3. The minimum absolute atomic E-state index is 0.0810. The zero-order valence-corrected chi connectivity index (χ0v) is 18.2. The molecular weight excluding hydrogens is 446 g/mol. The molecule has 0 aliphatic carbocycles. The first-order valence-corrected chi connectivity index (χ1v) is 10.7. The number of nitrogens with zero attached hydrogens (tertiary/aromatic N) is 5. The standard InChI is InChI=1S/C23H19BF3N5O2/c24-18-9-16(3-4-20(18)30-7-1-2-14-10-28-6-5-19(14)30)32-21(33)13-31(22(32)34)17-8-15(11-29-12-17)23(25,26)27/h3-6,8-12H,1-2,7,13,24H2. The van der Waals surface area contributed by atoms with E-state index in [4.69, 9.17) is 0 Å². The molecule has 172 valence electrons. The molecule has 34 heavy (non-hydrogen) atoms. The van der Waals surface area contributed by atoms with Gasteiger partial charge in [0, 0.05) is 36.5 Å². The molecule has 5 rings (SSSR count). The maximum absolute atomic E-state index is 13.1. The number of halogens is 3. The van der Waals surface area contributed by atoms with Crippen molar-refractivity contribution >= 4 is 48.0 Å². The molecule has 0 atom stereocenters. The lowest BCUT2D eigenvalue weighted by molar-refractivity contribution is -0.137. The third-order valence-electron chi connectivity index (χ3n) is 6.05. The molecule has 0 saturated carbocycles. The highest BCUT2D eigenvalue weighted by atomic mass is 19.4. The summed E-state index contributed by atoms with van der Waals surface area (Å²) in [5.41, 5.74) is 3.35. The number of benzene rings is 1. The van der Waals surface area contributed by atoms with Crippen molar-refractivity contribution in [1.82, 2.24) is 9.97 Å². The normalized spacial score (nSPS) is 16.3. The number of fused-ring (bicyclic) bond motifs is 1. The lowest BCUT2D eigenvalue weighted by Crippen LogP contribution is -2.34. The average molecular weight is 465 g/mol. The molecule has 2 aliphatic rings. The number of aromatic nitrogens is 2. The van der Waals surface area contributed by atoms with Gasteiger partial charge in [-0.3, -0.25) is 19.7 Å². The number of hydrogen-bond donors (Lipinski definition) is 0. The molecule has 3 amide bonds. The molecule has 1 saturated heterocycles. The quantitative estimate of drug-likeness (QED) is 0.440. The highest BCUT2D eigenvalue weighted by Crippen LogP contribution is 2.35.